The van der Waals surface area contributed by atoms with E-state index in [0.717, 1.165) is 12.2 Å². The van der Waals surface area contributed by atoms with Crippen molar-refractivity contribution in [2.75, 3.05) is 26.0 Å². The Hall–Kier alpha value is -1.91. The average Bonchev–Trinajstić information content (AvgIpc) is 2.52. The lowest BCUT2D eigenvalue weighted by atomic mass is 10.1. The molecule has 1 atom stereocenters. The van der Waals surface area contributed by atoms with Crippen LogP contribution in [0.4, 0.5) is 5.69 Å². The van der Waals surface area contributed by atoms with E-state index in [4.69, 9.17) is 12.2 Å². The summed E-state index contributed by atoms with van der Waals surface area (Å²) in [6.07, 6.45) is 0. The van der Waals surface area contributed by atoms with Gasteiger partial charge in [-0.15, -0.1) is 0 Å². The van der Waals surface area contributed by atoms with E-state index >= 15 is 0 Å². The summed E-state index contributed by atoms with van der Waals surface area (Å²) < 4.78 is 0. The van der Waals surface area contributed by atoms with E-state index in [0.29, 0.717) is 5.11 Å². The maximum absolute atomic E-state index is 5.43. The molecule has 0 aliphatic carbocycles. The second kappa shape index (κ2) is 8.09. The highest BCUT2D eigenvalue weighted by atomic mass is 32.1. The molecule has 0 amide bonds. The monoisotopic (exact) mass is 327 g/mol. The maximum Gasteiger partial charge on any atom is 0.170 e. The fraction of sp³-hybridized carbons (Fsp3) is 0.316. The molecule has 122 valence electrons. The van der Waals surface area contributed by atoms with Crippen molar-refractivity contribution < 1.29 is 0 Å². The highest BCUT2D eigenvalue weighted by Gasteiger charge is 2.13. The number of hydrogen-bond donors (Lipinski definition) is 2. The lowest BCUT2D eigenvalue weighted by molar-refractivity contribution is 0.299. The molecule has 0 aliphatic heterocycles. The van der Waals surface area contributed by atoms with E-state index in [9.17, 15) is 0 Å². The van der Waals surface area contributed by atoms with Crippen LogP contribution in [0.1, 0.15) is 22.7 Å². The van der Waals surface area contributed by atoms with Crippen LogP contribution >= 0.6 is 12.2 Å². The molecular weight excluding hydrogens is 302 g/mol. The van der Waals surface area contributed by atoms with Crippen LogP contribution in [0, 0.1) is 13.8 Å². The number of rotatable bonds is 5. The predicted octanol–water partition coefficient (Wildman–Crippen LogP) is 3.89. The van der Waals surface area contributed by atoms with Gasteiger partial charge in [0.05, 0.1) is 6.04 Å². The number of nitrogens with zero attached hydrogens (tertiary/aromatic N) is 1. The summed E-state index contributed by atoms with van der Waals surface area (Å²) in [7, 11) is 4.16. The first-order valence-corrected chi connectivity index (χ1v) is 8.21. The Morgan fingerprint density at radius 2 is 1.74 bits per heavy atom. The lowest BCUT2D eigenvalue weighted by Gasteiger charge is -2.25. The first kappa shape index (κ1) is 17.4. The maximum atomic E-state index is 5.43. The van der Waals surface area contributed by atoms with Crippen molar-refractivity contribution in [3.05, 3.63) is 65.2 Å². The van der Waals surface area contributed by atoms with Crippen LogP contribution in [0.25, 0.3) is 0 Å². The molecule has 0 aromatic heterocycles. The average molecular weight is 327 g/mol. The van der Waals surface area contributed by atoms with Crippen molar-refractivity contribution in [3.8, 4) is 0 Å². The summed E-state index contributed by atoms with van der Waals surface area (Å²) >= 11 is 5.43. The molecule has 2 rings (SSSR count). The molecule has 0 bridgehead atoms. The summed E-state index contributed by atoms with van der Waals surface area (Å²) in [4.78, 5) is 2.20. The smallest absolute Gasteiger partial charge is 0.170 e. The van der Waals surface area contributed by atoms with Gasteiger partial charge in [-0.25, -0.2) is 0 Å². The Labute approximate surface area is 144 Å². The number of hydrogen-bond acceptors (Lipinski definition) is 2. The lowest BCUT2D eigenvalue weighted by Crippen LogP contribution is -2.36. The fourth-order valence-corrected chi connectivity index (χ4v) is 2.66. The molecular formula is C19H25N3S. The number of thiocarbonyl (C=S) groups is 1. The van der Waals surface area contributed by atoms with Gasteiger partial charge in [0, 0.05) is 12.2 Å². The van der Waals surface area contributed by atoms with Crippen LogP contribution in [0.15, 0.2) is 48.5 Å². The van der Waals surface area contributed by atoms with E-state index in [1.54, 1.807) is 0 Å². The molecule has 0 radical (unpaired) electrons. The van der Waals surface area contributed by atoms with Crippen molar-refractivity contribution in [3.63, 3.8) is 0 Å². The molecule has 2 aromatic rings. The van der Waals surface area contributed by atoms with Gasteiger partial charge < -0.3 is 15.5 Å². The third kappa shape index (κ3) is 5.05. The standard InChI is InChI=1S/C19H25N3S/c1-14-10-11-17(12-15(14)2)21-19(23)20-13-18(22(3)4)16-8-6-5-7-9-16/h5-12,18H,13H2,1-4H3,(H2,20,21,23)/t18-/m0/s1. The Kier molecular flexibility index (Phi) is 6.13. The number of likely N-dealkylation sites (N-methyl/N-ethyl adjacent to an activating group) is 1. The molecule has 0 saturated heterocycles. The van der Waals surface area contributed by atoms with Gasteiger partial charge in [-0.05, 0) is 69.0 Å². The van der Waals surface area contributed by atoms with E-state index in [1.165, 1.54) is 16.7 Å². The van der Waals surface area contributed by atoms with Crippen molar-refractivity contribution in [1.82, 2.24) is 10.2 Å². The van der Waals surface area contributed by atoms with Crippen LogP contribution in [0.5, 0.6) is 0 Å². The summed E-state index contributed by atoms with van der Waals surface area (Å²) in [5, 5.41) is 7.23. The van der Waals surface area contributed by atoms with Crippen LogP contribution < -0.4 is 10.6 Å². The zero-order valence-corrected chi connectivity index (χ0v) is 15.1. The van der Waals surface area contributed by atoms with Gasteiger partial charge in [0.2, 0.25) is 0 Å². The molecule has 23 heavy (non-hydrogen) atoms. The number of benzene rings is 2. The minimum Gasteiger partial charge on any atom is -0.361 e. The molecule has 0 spiro atoms. The number of nitrogens with one attached hydrogen (secondary N) is 2. The second-order valence-electron chi connectivity index (χ2n) is 6.02. The largest absolute Gasteiger partial charge is 0.361 e. The molecule has 0 unspecified atom stereocenters. The normalized spacial score (nSPS) is 12.0. The molecule has 0 heterocycles. The van der Waals surface area contributed by atoms with Crippen molar-refractivity contribution in [2.45, 2.75) is 19.9 Å². The third-order valence-electron chi connectivity index (χ3n) is 4.03. The fourth-order valence-electron chi connectivity index (χ4n) is 2.46. The highest BCUT2D eigenvalue weighted by Crippen LogP contribution is 2.17. The third-order valence-corrected chi connectivity index (χ3v) is 4.27. The summed E-state index contributed by atoms with van der Waals surface area (Å²) in [5.74, 6) is 0. The second-order valence-corrected chi connectivity index (χ2v) is 6.43. The van der Waals surface area contributed by atoms with Gasteiger partial charge in [-0.2, -0.15) is 0 Å². The summed E-state index contributed by atoms with van der Waals surface area (Å²) in [6, 6.07) is 17.0. The zero-order chi connectivity index (χ0) is 16.8. The Morgan fingerprint density at radius 3 is 2.35 bits per heavy atom. The molecule has 2 aromatic carbocycles. The van der Waals surface area contributed by atoms with Crippen LogP contribution in [0.3, 0.4) is 0 Å². The van der Waals surface area contributed by atoms with Crippen molar-refractivity contribution in [1.29, 1.82) is 0 Å². The molecule has 0 saturated carbocycles. The van der Waals surface area contributed by atoms with Gasteiger partial charge in [0.1, 0.15) is 0 Å². The van der Waals surface area contributed by atoms with E-state index < -0.39 is 0 Å². The van der Waals surface area contributed by atoms with Gasteiger partial charge in [0.25, 0.3) is 0 Å². The van der Waals surface area contributed by atoms with E-state index in [2.05, 4.69) is 85.9 Å². The molecule has 0 aliphatic rings. The van der Waals surface area contributed by atoms with Gasteiger partial charge >= 0.3 is 0 Å². The first-order chi connectivity index (χ1) is 11.0. The molecule has 4 heteroatoms. The quantitative estimate of drug-likeness (QED) is 0.815. The Morgan fingerprint density at radius 1 is 1.04 bits per heavy atom. The van der Waals surface area contributed by atoms with Crippen LogP contribution in [-0.2, 0) is 0 Å². The minimum absolute atomic E-state index is 0.274. The topological polar surface area (TPSA) is 27.3 Å². The van der Waals surface area contributed by atoms with Crippen LogP contribution in [-0.4, -0.2) is 30.7 Å². The number of aryl methyl sites for hydroxylation is 2. The van der Waals surface area contributed by atoms with Crippen molar-refractivity contribution >= 4 is 23.0 Å². The van der Waals surface area contributed by atoms with Crippen LogP contribution in [0.2, 0.25) is 0 Å². The number of anilines is 1. The predicted molar refractivity (Wildman–Crippen MR) is 103 cm³/mol. The minimum atomic E-state index is 0.274. The first-order valence-electron chi connectivity index (χ1n) is 7.81. The molecule has 3 nitrogen and oxygen atoms in total. The van der Waals surface area contributed by atoms with Gasteiger partial charge in [-0.1, -0.05) is 36.4 Å². The molecule has 0 fully saturated rings. The van der Waals surface area contributed by atoms with Gasteiger partial charge in [-0.3, -0.25) is 0 Å². The van der Waals surface area contributed by atoms with E-state index in [1.807, 2.05) is 6.07 Å². The summed E-state index contributed by atoms with van der Waals surface area (Å²) in [6.45, 7) is 4.97. The Balaban J connectivity index is 1.95. The SMILES string of the molecule is Cc1ccc(NC(=S)NC[C@@H](c2ccccc2)N(C)C)cc1C. The zero-order valence-electron chi connectivity index (χ0n) is 14.3. The molecule has 2 N–H and O–H groups in total. The summed E-state index contributed by atoms with van der Waals surface area (Å²) in [5.41, 5.74) is 4.84. The van der Waals surface area contributed by atoms with Crippen molar-refractivity contribution in [2.24, 2.45) is 0 Å². The highest BCUT2D eigenvalue weighted by molar-refractivity contribution is 7.80. The van der Waals surface area contributed by atoms with E-state index in [-0.39, 0.29) is 6.04 Å². The van der Waals surface area contributed by atoms with Gasteiger partial charge in [0.15, 0.2) is 5.11 Å². The Bertz CT molecular complexity index is 653.